The molecule has 0 saturated carbocycles. The zero-order chi connectivity index (χ0) is 13.8. The Hall–Kier alpha value is -0.850. The van der Waals surface area contributed by atoms with Crippen molar-refractivity contribution >= 4 is 49.0 Å². The predicted molar refractivity (Wildman–Crippen MR) is 82.5 cm³/mol. The molecule has 0 aliphatic rings. The molecule has 0 saturated heterocycles. The lowest BCUT2D eigenvalue weighted by Crippen LogP contribution is -2.11. The zero-order valence-corrected chi connectivity index (χ0v) is 14.0. The van der Waals surface area contributed by atoms with E-state index >= 15 is 0 Å². The molecule has 3 nitrogen and oxygen atoms in total. The summed E-state index contributed by atoms with van der Waals surface area (Å²) in [6.45, 7) is 0.00804. The van der Waals surface area contributed by atoms with E-state index in [1.165, 1.54) is 11.3 Å². The number of benzene rings is 1. The fourth-order valence-electron chi connectivity index (χ4n) is 1.43. The Bertz CT molecular complexity index is 578. The summed E-state index contributed by atoms with van der Waals surface area (Å²) in [5.41, 5.74) is 0.630. The van der Waals surface area contributed by atoms with Crippen molar-refractivity contribution in [1.29, 1.82) is 0 Å². The normalized spacial score (nSPS) is 10.3. The van der Waals surface area contributed by atoms with E-state index in [1.807, 2.05) is 0 Å². The number of rotatable bonds is 5. The smallest absolute Gasteiger partial charge is 0.202 e. The second-order valence-corrected chi connectivity index (χ2v) is 7.37. The molecule has 0 spiro atoms. The van der Waals surface area contributed by atoms with Crippen LogP contribution in [0.15, 0.2) is 37.9 Å². The lowest BCUT2D eigenvalue weighted by Gasteiger charge is -2.06. The number of halogens is 2. The van der Waals surface area contributed by atoms with E-state index in [9.17, 15) is 4.79 Å². The van der Waals surface area contributed by atoms with E-state index in [-0.39, 0.29) is 12.4 Å². The van der Waals surface area contributed by atoms with Gasteiger partial charge in [0.15, 0.2) is 6.61 Å². The van der Waals surface area contributed by atoms with Crippen LogP contribution in [0.5, 0.6) is 11.5 Å². The molecule has 2 aromatic rings. The molecule has 1 heterocycles. The van der Waals surface area contributed by atoms with E-state index in [4.69, 9.17) is 9.47 Å². The average Bonchev–Trinajstić information content (AvgIpc) is 2.75. The molecule has 0 unspecified atom stereocenters. The van der Waals surface area contributed by atoms with Crippen molar-refractivity contribution in [2.24, 2.45) is 0 Å². The second-order valence-electron chi connectivity index (χ2n) is 3.63. The molecule has 0 atom stereocenters. The fraction of sp³-hybridized carbons (Fsp3) is 0.154. The molecule has 0 aliphatic carbocycles. The zero-order valence-electron chi connectivity index (χ0n) is 9.98. The number of ketones is 1. The Balaban J connectivity index is 1.98. The Morgan fingerprint density at radius 2 is 1.84 bits per heavy atom. The lowest BCUT2D eigenvalue weighted by molar-refractivity contribution is 0.0921. The molecule has 6 heteroatoms. The van der Waals surface area contributed by atoms with Gasteiger partial charge in [0.1, 0.15) is 11.5 Å². The van der Waals surface area contributed by atoms with Crippen LogP contribution in [-0.4, -0.2) is 19.5 Å². The SMILES string of the molecule is COc1ccc(OCC(=O)c2cc(Br)sc2Br)cc1. The van der Waals surface area contributed by atoms with Crippen molar-refractivity contribution in [3.63, 3.8) is 0 Å². The molecule has 0 amide bonds. The highest BCUT2D eigenvalue weighted by molar-refractivity contribution is 9.12. The number of hydrogen-bond acceptors (Lipinski definition) is 4. The van der Waals surface area contributed by atoms with Crippen LogP contribution >= 0.6 is 43.2 Å². The molecule has 0 fully saturated rings. The third-order valence-electron chi connectivity index (χ3n) is 2.39. The monoisotopic (exact) mass is 404 g/mol. The maximum absolute atomic E-state index is 12.0. The highest BCUT2D eigenvalue weighted by Crippen LogP contribution is 2.32. The molecule has 1 aromatic carbocycles. The highest BCUT2D eigenvalue weighted by Gasteiger charge is 2.14. The van der Waals surface area contributed by atoms with Crippen LogP contribution in [0.4, 0.5) is 0 Å². The maximum atomic E-state index is 12.0. The Kier molecular flexibility index (Phi) is 5.01. The molecule has 19 heavy (non-hydrogen) atoms. The molecule has 0 aliphatic heterocycles. The third kappa shape index (κ3) is 3.81. The van der Waals surface area contributed by atoms with Crippen molar-refractivity contribution in [1.82, 2.24) is 0 Å². The van der Waals surface area contributed by atoms with E-state index in [0.717, 1.165) is 13.3 Å². The quantitative estimate of drug-likeness (QED) is 0.685. The van der Waals surface area contributed by atoms with Gasteiger partial charge in [-0.15, -0.1) is 11.3 Å². The summed E-state index contributed by atoms with van der Waals surface area (Å²) in [4.78, 5) is 12.0. The van der Waals surface area contributed by atoms with Gasteiger partial charge in [-0.2, -0.15) is 0 Å². The van der Waals surface area contributed by atoms with Gasteiger partial charge in [0.2, 0.25) is 5.78 Å². The topological polar surface area (TPSA) is 35.5 Å². The van der Waals surface area contributed by atoms with E-state index in [2.05, 4.69) is 31.9 Å². The molecular weight excluding hydrogens is 396 g/mol. The van der Waals surface area contributed by atoms with E-state index < -0.39 is 0 Å². The first-order chi connectivity index (χ1) is 9.10. The van der Waals surface area contributed by atoms with Crippen molar-refractivity contribution in [3.05, 3.63) is 43.5 Å². The first kappa shape index (κ1) is 14.6. The number of methoxy groups -OCH3 is 1. The minimum atomic E-state index is -0.0651. The molecular formula is C13H10Br2O3S. The van der Waals surface area contributed by atoms with Crippen molar-refractivity contribution < 1.29 is 14.3 Å². The third-order valence-corrected chi connectivity index (χ3v) is 4.73. The number of carbonyl (C=O) groups excluding carboxylic acids is 1. The highest BCUT2D eigenvalue weighted by atomic mass is 79.9. The minimum Gasteiger partial charge on any atom is -0.497 e. The summed E-state index contributed by atoms with van der Waals surface area (Å²) in [5, 5.41) is 0. The van der Waals surface area contributed by atoms with Gasteiger partial charge in [-0.1, -0.05) is 0 Å². The summed E-state index contributed by atoms with van der Waals surface area (Å²) < 4.78 is 12.2. The van der Waals surface area contributed by atoms with Crippen LogP contribution in [-0.2, 0) is 0 Å². The van der Waals surface area contributed by atoms with Gasteiger partial charge in [0.25, 0.3) is 0 Å². The van der Waals surface area contributed by atoms with Crippen molar-refractivity contribution in [2.45, 2.75) is 0 Å². The van der Waals surface area contributed by atoms with Gasteiger partial charge in [-0.25, -0.2) is 0 Å². The van der Waals surface area contributed by atoms with Crippen LogP contribution in [0.25, 0.3) is 0 Å². The molecule has 0 N–H and O–H groups in total. The van der Waals surface area contributed by atoms with Gasteiger partial charge >= 0.3 is 0 Å². The van der Waals surface area contributed by atoms with E-state index in [0.29, 0.717) is 11.3 Å². The standard InChI is InChI=1S/C13H10Br2O3S/c1-17-8-2-4-9(5-3-8)18-7-11(16)10-6-12(14)19-13(10)15/h2-6H,7H2,1H3. The first-order valence-corrected chi connectivity index (χ1v) is 7.75. The van der Waals surface area contributed by atoms with Gasteiger partial charge < -0.3 is 9.47 Å². The number of carbonyl (C=O) groups is 1. The minimum absolute atomic E-state index is 0.00804. The largest absolute Gasteiger partial charge is 0.497 e. The maximum Gasteiger partial charge on any atom is 0.202 e. The summed E-state index contributed by atoms with van der Waals surface area (Å²) >= 11 is 8.17. The molecule has 1 aromatic heterocycles. The Labute approximate surface area is 131 Å². The van der Waals surface area contributed by atoms with Gasteiger partial charge in [-0.3, -0.25) is 4.79 Å². The fourth-order valence-corrected chi connectivity index (χ4v) is 4.28. The van der Waals surface area contributed by atoms with Gasteiger partial charge in [0, 0.05) is 5.56 Å². The summed E-state index contributed by atoms with van der Waals surface area (Å²) in [7, 11) is 1.60. The van der Waals surface area contributed by atoms with Crippen LogP contribution in [0.3, 0.4) is 0 Å². The van der Waals surface area contributed by atoms with Crippen LogP contribution in [0.1, 0.15) is 10.4 Å². The summed E-state index contributed by atoms with van der Waals surface area (Å²) in [6.07, 6.45) is 0. The molecule has 100 valence electrons. The van der Waals surface area contributed by atoms with Crippen LogP contribution < -0.4 is 9.47 Å². The molecule has 0 radical (unpaired) electrons. The predicted octanol–water partition coefficient (Wildman–Crippen LogP) is 4.54. The number of thiophene rings is 1. The van der Waals surface area contributed by atoms with Crippen LogP contribution in [0.2, 0.25) is 0 Å². The Morgan fingerprint density at radius 1 is 1.21 bits per heavy atom. The van der Waals surface area contributed by atoms with Gasteiger partial charge in [-0.05, 0) is 62.2 Å². The molecule has 0 bridgehead atoms. The summed E-state index contributed by atoms with van der Waals surface area (Å²) in [6, 6.07) is 8.90. The lowest BCUT2D eigenvalue weighted by atomic mass is 10.2. The van der Waals surface area contributed by atoms with Crippen molar-refractivity contribution in [2.75, 3.05) is 13.7 Å². The van der Waals surface area contributed by atoms with E-state index in [1.54, 1.807) is 37.4 Å². The van der Waals surface area contributed by atoms with Gasteiger partial charge in [0.05, 0.1) is 14.7 Å². The Morgan fingerprint density at radius 3 is 2.37 bits per heavy atom. The molecule has 2 rings (SSSR count). The summed E-state index contributed by atoms with van der Waals surface area (Å²) in [5.74, 6) is 1.33. The number of Topliss-reactive ketones (excluding diaryl/α,β-unsaturated/α-hetero) is 1. The average molecular weight is 406 g/mol. The first-order valence-electron chi connectivity index (χ1n) is 5.35. The number of hydrogen-bond donors (Lipinski definition) is 0. The van der Waals surface area contributed by atoms with Crippen LogP contribution in [0, 0.1) is 0 Å². The van der Waals surface area contributed by atoms with Crippen molar-refractivity contribution in [3.8, 4) is 11.5 Å². The second kappa shape index (κ2) is 6.54. The number of ether oxygens (including phenoxy) is 2.